The van der Waals surface area contributed by atoms with Crippen LogP contribution in [0.4, 0.5) is 0 Å². The van der Waals surface area contributed by atoms with Gasteiger partial charge in [-0.1, -0.05) is 11.6 Å². The van der Waals surface area contributed by atoms with Crippen LogP contribution in [0.15, 0.2) is 24.3 Å². The van der Waals surface area contributed by atoms with Gasteiger partial charge in [0.15, 0.2) is 0 Å². The SMILES string of the molecule is CCN(C)C(=O)CCCNC(=O)c1ccc(Cl)cc1. The summed E-state index contributed by atoms with van der Waals surface area (Å²) in [4.78, 5) is 24.9. The monoisotopic (exact) mass is 282 g/mol. The second-order valence-electron chi connectivity index (χ2n) is 4.27. The van der Waals surface area contributed by atoms with E-state index in [2.05, 4.69) is 5.32 Å². The van der Waals surface area contributed by atoms with E-state index in [4.69, 9.17) is 11.6 Å². The molecule has 0 bridgehead atoms. The third-order valence-electron chi connectivity index (χ3n) is 2.86. The second-order valence-corrected chi connectivity index (χ2v) is 4.71. The number of amides is 2. The quantitative estimate of drug-likeness (QED) is 0.814. The Hall–Kier alpha value is -1.55. The first-order valence-corrected chi connectivity index (χ1v) is 6.70. The molecule has 4 nitrogen and oxygen atoms in total. The molecule has 0 aliphatic carbocycles. The fourth-order valence-corrected chi connectivity index (χ4v) is 1.64. The van der Waals surface area contributed by atoms with E-state index in [9.17, 15) is 9.59 Å². The van der Waals surface area contributed by atoms with E-state index in [1.165, 1.54) is 0 Å². The molecule has 0 fully saturated rings. The van der Waals surface area contributed by atoms with Crippen LogP contribution in [0.1, 0.15) is 30.1 Å². The van der Waals surface area contributed by atoms with Crippen LogP contribution in [0.5, 0.6) is 0 Å². The number of nitrogens with zero attached hydrogens (tertiary/aromatic N) is 1. The van der Waals surface area contributed by atoms with Gasteiger partial charge in [0.05, 0.1) is 0 Å². The van der Waals surface area contributed by atoms with Crippen molar-refractivity contribution in [2.45, 2.75) is 19.8 Å². The van der Waals surface area contributed by atoms with Crippen molar-refractivity contribution < 1.29 is 9.59 Å². The van der Waals surface area contributed by atoms with Gasteiger partial charge in [-0.2, -0.15) is 0 Å². The van der Waals surface area contributed by atoms with E-state index in [0.29, 0.717) is 36.5 Å². The third kappa shape index (κ3) is 5.30. The van der Waals surface area contributed by atoms with Crippen molar-refractivity contribution in [2.75, 3.05) is 20.1 Å². The Labute approximate surface area is 118 Å². The Balaban J connectivity index is 2.28. The van der Waals surface area contributed by atoms with Gasteiger partial charge in [-0.25, -0.2) is 0 Å². The largest absolute Gasteiger partial charge is 0.352 e. The smallest absolute Gasteiger partial charge is 0.251 e. The zero-order valence-electron chi connectivity index (χ0n) is 11.3. The molecule has 1 rings (SSSR count). The van der Waals surface area contributed by atoms with Crippen LogP contribution in [0, 0.1) is 0 Å². The molecule has 0 spiro atoms. The molecular weight excluding hydrogens is 264 g/mol. The first-order valence-electron chi connectivity index (χ1n) is 6.32. The van der Waals surface area contributed by atoms with Gasteiger partial charge in [0.25, 0.3) is 5.91 Å². The lowest BCUT2D eigenvalue weighted by molar-refractivity contribution is -0.129. The van der Waals surface area contributed by atoms with Gasteiger partial charge in [0.2, 0.25) is 5.91 Å². The van der Waals surface area contributed by atoms with Crippen LogP contribution < -0.4 is 5.32 Å². The van der Waals surface area contributed by atoms with Gasteiger partial charge in [-0.15, -0.1) is 0 Å². The molecule has 0 aromatic heterocycles. The van der Waals surface area contributed by atoms with Crippen molar-refractivity contribution in [1.82, 2.24) is 10.2 Å². The van der Waals surface area contributed by atoms with Crippen LogP contribution in [-0.4, -0.2) is 36.9 Å². The lowest BCUT2D eigenvalue weighted by atomic mass is 10.2. The van der Waals surface area contributed by atoms with Crippen molar-refractivity contribution >= 4 is 23.4 Å². The summed E-state index contributed by atoms with van der Waals surface area (Å²) in [6.07, 6.45) is 1.09. The van der Waals surface area contributed by atoms with E-state index in [0.717, 1.165) is 0 Å². The van der Waals surface area contributed by atoms with Crippen LogP contribution in [0.3, 0.4) is 0 Å². The summed E-state index contributed by atoms with van der Waals surface area (Å²) in [6, 6.07) is 6.70. The molecule has 0 saturated heterocycles. The average Bonchev–Trinajstić information content (AvgIpc) is 2.42. The molecule has 104 valence electrons. The normalized spacial score (nSPS) is 10.1. The van der Waals surface area contributed by atoms with Gasteiger partial charge < -0.3 is 10.2 Å². The Morgan fingerprint density at radius 1 is 1.26 bits per heavy atom. The van der Waals surface area contributed by atoms with Crippen molar-refractivity contribution in [3.05, 3.63) is 34.9 Å². The van der Waals surface area contributed by atoms with Crippen LogP contribution in [0.2, 0.25) is 5.02 Å². The number of hydrogen-bond acceptors (Lipinski definition) is 2. The predicted octanol–water partition coefficient (Wildman–Crippen LogP) is 2.33. The molecule has 0 heterocycles. The Bertz CT molecular complexity index is 432. The Kier molecular flexibility index (Phi) is 6.36. The van der Waals surface area contributed by atoms with Crippen molar-refractivity contribution in [3.63, 3.8) is 0 Å². The molecule has 0 atom stereocenters. The predicted molar refractivity (Wildman–Crippen MR) is 76.3 cm³/mol. The fraction of sp³-hybridized carbons (Fsp3) is 0.429. The number of hydrogen-bond donors (Lipinski definition) is 1. The summed E-state index contributed by atoms with van der Waals surface area (Å²) in [6.45, 7) is 3.13. The number of carbonyl (C=O) groups excluding carboxylic acids is 2. The lowest BCUT2D eigenvalue weighted by Crippen LogP contribution is -2.28. The van der Waals surface area contributed by atoms with Gasteiger partial charge in [0.1, 0.15) is 0 Å². The highest BCUT2D eigenvalue weighted by atomic mass is 35.5. The topological polar surface area (TPSA) is 49.4 Å². The minimum atomic E-state index is -0.145. The van der Waals surface area contributed by atoms with Gasteiger partial charge in [0, 0.05) is 37.1 Å². The second kappa shape index (κ2) is 7.79. The van der Waals surface area contributed by atoms with E-state index in [1.807, 2.05) is 6.92 Å². The first kappa shape index (κ1) is 15.5. The molecule has 2 amide bonds. The van der Waals surface area contributed by atoms with Gasteiger partial charge in [-0.05, 0) is 37.6 Å². The first-order chi connectivity index (χ1) is 9.04. The van der Waals surface area contributed by atoms with E-state index >= 15 is 0 Å². The average molecular weight is 283 g/mol. The van der Waals surface area contributed by atoms with Crippen molar-refractivity contribution in [3.8, 4) is 0 Å². The highest BCUT2D eigenvalue weighted by molar-refractivity contribution is 6.30. The Morgan fingerprint density at radius 3 is 2.47 bits per heavy atom. The maximum absolute atomic E-state index is 11.7. The molecule has 5 heteroatoms. The zero-order chi connectivity index (χ0) is 14.3. The molecule has 0 radical (unpaired) electrons. The molecule has 1 aromatic carbocycles. The van der Waals surface area contributed by atoms with Crippen molar-refractivity contribution in [1.29, 1.82) is 0 Å². The highest BCUT2D eigenvalue weighted by Crippen LogP contribution is 2.09. The number of benzene rings is 1. The third-order valence-corrected chi connectivity index (χ3v) is 3.11. The fourth-order valence-electron chi connectivity index (χ4n) is 1.51. The van der Waals surface area contributed by atoms with Crippen molar-refractivity contribution in [2.24, 2.45) is 0 Å². The lowest BCUT2D eigenvalue weighted by Gasteiger charge is -2.14. The van der Waals surface area contributed by atoms with E-state index in [1.54, 1.807) is 36.2 Å². The summed E-state index contributed by atoms with van der Waals surface area (Å²) < 4.78 is 0. The van der Waals surface area contributed by atoms with Crippen LogP contribution in [0.25, 0.3) is 0 Å². The molecule has 0 aliphatic rings. The number of halogens is 1. The van der Waals surface area contributed by atoms with Gasteiger partial charge >= 0.3 is 0 Å². The number of nitrogens with one attached hydrogen (secondary N) is 1. The zero-order valence-corrected chi connectivity index (χ0v) is 12.0. The maximum atomic E-state index is 11.7. The number of rotatable bonds is 6. The minimum Gasteiger partial charge on any atom is -0.352 e. The summed E-state index contributed by atoms with van der Waals surface area (Å²) >= 11 is 5.75. The standard InChI is InChI=1S/C14H19ClN2O2/c1-3-17(2)13(18)5-4-10-16-14(19)11-6-8-12(15)9-7-11/h6-9H,3-5,10H2,1-2H3,(H,16,19). The minimum absolute atomic E-state index is 0.100. The summed E-state index contributed by atoms with van der Waals surface area (Å²) in [7, 11) is 1.77. The van der Waals surface area contributed by atoms with E-state index < -0.39 is 0 Å². The number of carbonyl (C=O) groups is 2. The summed E-state index contributed by atoms with van der Waals surface area (Å²) in [5.74, 6) is -0.0452. The van der Waals surface area contributed by atoms with E-state index in [-0.39, 0.29) is 11.8 Å². The highest BCUT2D eigenvalue weighted by Gasteiger charge is 2.07. The van der Waals surface area contributed by atoms with Gasteiger partial charge in [-0.3, -0.25) is 9.59 Å². The molecule has 0 unspecified atom stereocenters. The molecule has 19 heavy (non-hydrogen) atoms. The molecule has 1 aromatic rings. The summed E-state index contributed by atoms with van der Waals surface area (Å²) in [5, 5.41) is 3.38. The van der Waals surface area contributed by atoms with Crippen LogP contribution >= 0.6 is 11.6 Å². The molecule has 0 aliphatic heterocycles. The summed E-state index contributed by atoms with van der Waals surface area (Å²) in [5.41, 5.74) is 0.571. The van der Waals surface area contributed by atoms with Crippen LogP contribution in [-0.2, 0) is 4.79 Å². The maximum Gasteiger partial charge on any atom is 0.251 e. The molecule has 1 N–H and O–H groups in total. The Morgan fingerprint density at radius 2 is 1.89 bits per heavy atom. The molecular formula is C14H19ClN2O2. The molecule has 0 saturated carbocycles.